The number of aliphatic carboxylic acids is 1. The van der Waals surface area contributed by atoms with Crippen molar-refractivity contribution in [1.82, 2.24) is 0 Å². The lowest BCUT2D eigenvalue weighted by Crippen LogP contribution is -2.20. The SMILES string of the molecule is CC(C)c1cc(Cl)c(O)c(C2(C(=O)O)CC2)c1. The van der Waals surface area contributed by atoms with E-state index in [9.17, 15) is 15.0 Å². The van der Waals surface area contributed by atoms with Gasteiger partial charge in [0, 0.05) is 5.56 Å². The fraction of sp³-hybridized carbons (Fsp3) is 0.462. The van der Waals surface area contributed by atoms with E-state index in [1.54, 1.807) is 12.1 Å². The van der Waals surface area contributed by atoms with Gasteiger partial charge in [0.2, 0.25) is 0 Å². The summed E-state index contributed by atoms with van der Waals surface area (Å²) in [4.78, 5) is 11.3. The summed E-state index contributed by atoms with van der Waals surface area (Å²) in [6.45, 7) is 4.01. The van der Waals surface area contributed by atoms with Crippen LogP contribution in [0.4, 0.5) is 0 Å². The predicted molar refractivity (Wildman–Crippen MR) is 65.8 cm³/mol. The number of carboxylic acids is 1. The maximum Gasteiger partial charge on any atom is 0.314 e. The van der Waals surface area contributed by atoms with Crippen LogP contribution in [0, 0.1) is 0 Å². The van der Waals surface area contributed by atoms with Crippen molar-refractivity contribution in [2.24, 2.45) is 0 Å². The second-order valence-electron chi connectivity index (χ2n) is 4.94. The predicted octanol–water partition coefficient (Wildman–Crippen LogP) is 3.29. The van der Waals surface area contributed by atoms with Crippen molar-refractivity contribution in [2.45, 2.75) is 38.0 Å². The summed E-state index contributed by atoms with van der Waals surface area (Å²) in [6, 6.07) is 3.47. The minimum atomic E-state index is -0.918. The summed E-state index contributed by atoms with van der Waals surface area (Å²) in [6.07, 6.45) is 1.13. The molecule has 0 bridgehead atoms. The highest BCUT2D eigenvalue weighted by Gasteiger charge is 2.53. The second-order valence-corrected chi connectivity index (χ2v) is 5.35. The number of carboxylic acid groups (broad SMARTS) is 1. The van der Waals surface area contributed by atoms with Gasteiger partial charge in [-0.1, -0.05) is 31.5 Å². The van der Waals surface area contributed by atoms with Crippen LogP contribution in [-0.4, -0.2) is 16.2 Å². The Bertz CT molecular complexity index is 476. The topological polar surface area (TPSA) is 57.5 Å². The number of carbonyl (C=O) groups is 1. The number of benzene rings is 1. The Hall–Kier alpha value is -1.22. The van der Waals surface area contributed by atoms with Crippen LogP contribution in [0.25, 0.3) is 0 Å². The van der Waals surface area contributed by atoms with E-state index in [2.05, 4.69) is 0 Å². The molecule has 0 amide bonds. The van der Waals surface area contributed by atoms with Crippen LogP contribution in [0.1, 0.15) is 43.7 Å². The van der Waals surface area contributed by atoms with Gasteiger partial charge >= 0.3 is 5.97 Å². The summed E-state index contributed by atoms with van der Waals surface area (Å²) in [7, 11) is 0. The van der Waals surface area contributed by atoms with Gasteiger partial charge in [0.05, 0.1) is 10.4 Å². The summed E-state index contributed by atoms with van der Waals surface area (Å²) in [5.41, 5.74) is 0.495. The average molecular weight is 255 g/mol. The van der Waals surface area contributed by atoms with Gasteiger partial charge in [0.15, 0.2) is 0 Å². The third-order valence-electron chi connectivity index (χ3n) is 3.43. The van der Waals surface area contributed by atoms with Crippen molar-refractivity contribution in [3.05, 3.63) is 28.3 Å². The lowest BCUT2D eigenvalue weighted by molar-refractivity contribution is -0.140. The Labute approximate surface area is 105 Å². The third kappa shape index (κ3) is 1.89. The van der Waals surface area contributed by atoms with Crippen LogP contribution in [0.15, 0.2) is 12.1 Å². The van der Waals surface area contributed by atoms with E-state index in [0.29, 0.717) is 18.4 Å². The van der Waals surface area contributed by atoms with Crippen LogP contribution in [0.5, 0.6) is 5.75 Å². The molecule has 0 unspecified atom stereocenters. The molecule has 92 valence electrons. The molecule has 2 N–H and O–H groups in total. The van der Waals surface area contributed by atoms with Gasteiger partial charge in [-0.2, -0.15) is 0 Å². The molecule has 1 aromatic rings. The van der Waals surface area contributed by atoms with E-state index in [4.69, 9.17) is 11.6 Å². The summed E-state index contributed by atoms with van der Waals surface area (Å²) in [5, 5.41) is 19.4. The number of rotatable bonds is 3. The number of phenols is 1. The van der Waals surface area contributed by atoms with Gasteiger partial charge in [-0.25, -0.2) is 0 Å². The molecule has 1 aromatic carbocycles. The quantitative estimate of drug-likeness (QED) is 0.870. The average Bonchev–Trinajstić information content (AvgIpc) is 3.02. The molecule has 0 spiro atoms. The standard InChI is InChI=1S/C13H15ClO3/c1-7(2)8-5-9(11(15)10(14)6-8)13(3-4-13)12(16)17/h5-7,15H,3-4H2,1-2H3,(H,16,17). The zero-order valence-corrected chi connectivity index (χ0v) is 10.6. The molecule has 2 rings (SSSR count). The molecule has 0 radical (unpaired) electrons. The van der Waals surface area contributed by atoms with E-state index in [0.717, 1.165) is 5.56 Å². The highest BCUT2D eigenvalue weighted by molar-refractivity contribution is 6.32. The Kier molecular flexibility index (Phi) is 2.82. The Balaban J connectivity index is 2.57. The number of hydrogen-bond acceptors (Lipinski definition) is 2. The zero-order valence-electron chi connectivity index (χ0n) is 9.83. The first-order valence-corrected chi connectivity index (χ1v) is 6.02. The van der Waals surface area contributed by atoms with Crippen molar-refractivity contribution in [3.63, 3.8) is 0 Å². The summed E-state index contributed by atoms with van der Waals surface area (Å²) >= 11 is 5.96. The lowest BCUT2D eigenvalue weighted by Gasteiger charge is -2.16. The van der Waals surface area contributed by atoms with Gasteiger partial charge in [-0.15, -0.1) is 0 Å². The lowest BCUT2D eigenvalue weighted by atomic mass is 9.90. The fourth-order valence-corrected chi connectivity index (χ4v) is 2.27. The summed E-state index contributed by atoms with van der Waals surface area (Å²) in [5.74, 6) is -0.725. The van der Waals surface area contributed by atoms with Crippen molar-refractivity contribution in [1.29, 1.82) is 0 Å². The second kappa shape index (κ2) is 3.91. The van der Waals surface area contributed by atoms with Crippen molar-refractivity contribution in [2.75, 3.05) is 0 Å². The molecule has 3 nitrogen and oxygen atoms in total. The number of aromatic hydroxyl groups is 1. The highest BCUT2D eigenvalue weighted by Crippen LogP contribution is 2.53. The Morgan fingerprint density at radius 3 is 2.41 bits per heavy atom. The molecule has 1 aliphatic rings. The van der Waals surface area contributed by atoms with Crippen LogP contribution >= 0.6 is 11.6 Å². The van der Waals surface area contributed by atoms with Crippen molar-refractivity contribution >= 4 is 17.6 Å². The molecule has 0 atom stereocenters. The Morgan fingerprint density at radius 1 is 1.41 bits per heavy atom. The minimum Gasteiger partial charge on any atom is -0.506 e. The van der Waals surface area contributed by atoms with Crippen molar-refractivity contribution < 1.29 is 15.0 Å². The number of hydrogen-bond donors (Lipinski definition) is 2. The smallest absolute Gasteiger partial charge is 0.314 e. The molecular formula is C13H15ClO3. The molecule has 0 heterocycles. The molecule has 0 aliphatic heterocycles. The monoisotopic (exact) mass is 254 g/mol. The molecule has 1 saturated carbocycles. The van der Waals surface area contributed by atoms with E-state index < -0.39 is 11.4 Å². The first kappa shape index (κ1) is 12.2. The summed E-state index contributed by atoms with van der Waals surface area (Å²) < 4.78 is 0. The maximum atomic E-state index is 11.3. The maximum absolute atomic E-state index is 11.3. The fourth-order valence-electron chi connectivity index (χ4n) is 2.04. The van der Waals surface area contributed by atoms with Crippen LogP contribution in [-0.2, 0) is 10.2 Å². The van der Waals surface area contributed by atoms with Crippen LogP contribution in [0.2, 0.25) is 5.02 Å². The first-order valence-electron chi connectivity index (χ1n) is 5.65. The molecule has 17 heavy (non-hydrogen) atoms. The van der Waals surface area contributed by atoms with E-state index in [-0.39, 0.29) is 16.7 Å². The Morgan fingerprint density at radius 2 is 2.00 bits per heavy atom. The molecule has 0 aromatic heterocycles. The van der Waals surface area contributed by atoms with E-state index >= 15 is 0 Å². The zero-order chi connectivity index (χ0) is 12.8. The molecular weight excluding hydrogens is 240 g/mol. The van der Waals surface area contributed by atoms with Gasteiger partial charge in [0.25, 0.3) is 0 Å². The van der Waals surface area contributed by atoms with Gasteiger partial charge in [-0.05, 0) is 30.4 Å². The van der Waals surface area contributed by atoms with Gasteiger partial charge in [0.1, 0.15) is 5.75 Å². The van der Waals surface area contributed by atoms with Crippen molar-refractivity contribution in [3.8, 4) is 5.75 Å². The molecule has 1 aliphatic carbocycles. The van der Waals surface area contributed by atoms with Gasteiger partial charge < -0.3 is 10.2 Å². The molecule has 1 fully saturated rings. The third-order valence-corrected chi connectivity index (χ3v) is 3.72. The first-order chi connectivity index (χ1) is 7.88. The van der Waals surface area contributed by atoms with Gasteiger partial charge in [-0.3, -0.25) is 4.79 Å². The highest BCUT2D eigenvalue weighted by atomic mass is 35.5. The normalized spacial score (nSPS) is 17.2. The van der Waals surface area contributed by atoms with Crippen LogP contribution < -0.4 is 0 Å². The van der Waals surface area contributed by atoms with Crippen LogP contribution in [0.3, 0.4) is 0 Å². The van der Waals surface area contributed by atoms with E-state index in [1.165, 1.54) is 0 Å². The van der Waals surface area contributed by atoms with E-state index in [1.807, 2.05) is 13.8 Å². The largest absolute Gasteiger partial charge is 0.506 e. The number of phenolic OH excluding ortho intramolecular Hbond substituents is 1. The number of halogens is 1. The molecule has 4 heteroatoms. The molecule has 0 saturated heterocycles. The minimum absolute atomic E-state index is 0.0871.